The minimum absolute atomic E-state index is 0.172. The van der Waals surface area contributed by atoms with E-state index in [-0.39, 0.29) is 11.6 Å². The van der Waals surface area contributed by atoms with Crippen LogP contribution in [0.3, 0.4) is 0 Å². The molecule has 0 heterocycles. The standard InChI is InChI=1S/C25H18O5/c1-28-20-10-6-9-15-21(20)25(30-3)19-12-17-16(11-18(19)24(15)29-2)22(26)13-7-4-5-8-14(13)23(17)27/h4-12H,1-3H3. The van der Waals surface area contributed by atoms with Gasteiger partial charge < -0.3 is 14.2 Å². The number of methoxy groups -OCH3 is 3. The predicted molar refractivity (Wildman–Crippen MR) is 114 cm³/mol. The maximum Gasteiger partial charge on any atom is 0.194 e. The van der Waals surface area contributed by atoms with Crippen molar-refractivity contribution < 1.29 is 23.8 Å². The topological polar surface area (TPSA) is 61.8 Å². The molecule has 0 radical (unpaired) electrons. The molecular weight excluding hydrogens is 380 g/mol. The Kier molecular flexibility index (Phi) is 4.00. The zero-order chi connectivity index (χ0) is 21.0. The van der Waals surface area contributed by atoms with E-state index in [0.717, 1.165) is 10.8 Å². The largest absolute Gasteiger partial charge is 0.496 e. The lowest BCUT2D eigenvalue weighted by Crippen LogP contribution is -2.20. The van der Waals surface area contributed by atoms with Gasteiger partial charge in [0.1, 0.15) is 17.2 Å². The third kappa shape index (κ3) is 2.29. The zero-order valence-corrected chi connectivity index (χ0v) is 16.7. The van der Waals surface area contributed by atoms with E-state index in [9.17, 15) is 9.59 Å². The van der Waals surface area contributed by atoms with Gasteiger partial charge >= 0.3 is 0 Å². The van der Waals surface area contributed by atoms with Gasteiger partial charge in [0.15, 0.2) is 11.6 Å². The predicted octanol–water partition coefficient (Wildman–Crippen LogP) is 4.79. The first-order valence-corrected chi connectivity index (χ1v) is 9.47. The summed E-state index contributed by atoms with van der Waals surface area (Å²) in [7, 11) is 4.76. The second-order valence-electron chi connectivity index (χ2n) is 7.10. The number of ketones is 2. The van der Waals surface area contributed by atoms with E-state index < -0.39 is 0 Å². The van der Waals surface area contributed by atoms with E-state index in [1.807, 2.05) is 18.2 Å². The molecule has 1 aliphatic carbocycles. The van der Waals surface area contributed by atoms with Crippen molar-refractivity contribution in [2.24, 2.45) is 0 Å². The molecule has 0 saturated heterocycles. The first kappa shape index (κ1) is 18.2. The highest BCUT2D eigenvalue weighted by Crippen LogP contribution is 2.47. The Morgan fingerprint density at radius 1 is 0.567 bits per heavy atom. The Labute approximate surface area is 172 Å². The molecule has 1 aliphatic rings. The van der Waals surface area contributed by atoms with Gasteiger partial charge in [-0.1, -0.05) is 36.4 Å². The molecule has 0 aromatic heterocycles. The number of fused-ring (bicyclic) bond motifs is 4. The van der Waals surface area contributed by atoms with E-state index in [1.165, 1.54) is 0 Å². The third-order valence-corrected chi connectivity index (χ3v) is 5.68. The Balaban J connectivity index is 1.96. The second kappa shape index (κ2) is 6.59. The van der Waals surface area contributed by atoms with Crippen LogP contribution in [0.15, 0.2) is 54.6 Å². The summed E-state index contributed by atoms with van der Waals surface area (Å²) in [4.78, 5) is 26.4. The van der Waals surface area contributed by atoms with Crippen LogP contribution in [0.25, 0.3) is 21.5 Å². The van der Waals surface area contributed by atoms with Crippen LogP contribution in [0.5, 0.6) is 17.2 Å². The van der Waals surface area contributed by atoms with Crippen LogP contribution in [0.2, 0.25) is 0 Å². The van der Waals surface area contributed by atoms with Crippen molar-refractivity contribution in [2.45, 2.75) is 0 Å². The molecule has 4 aromatic rings. The van der Waals surface area contributed by atoms with E-state index in [1.54, 1.807) is 57.7 Å². The molecule has 0 fully saturated rings. The fraction of sp³-hybridized carbons (Fsp3) is 0.120. The van der Waals surface area contributed by atoms with Crippen LogP contribution in [0, 0.1) is 0 Å². The van der Waals surface area contributed by atoms with Crippen LogP contribution >= 0.6 is 0 Å². The first-order chi connectivity index (χ1) is 14.6. The van der Waals surface area contributed by atoms with Crippen LogP contribution in [0.4, 0.5) is 0 Å². The molecule has 0 amide bonds. The maximum absolute atomic E-state index is 13.2. The Hall–Kier alpha value is -3.86. The van der Waals surface area contributed by atoms with Gasteiger partial charge in [0.2, 0.25) is 0 Å². The normalized spacial score (nSPS) is 12.6. The summed E-state index contributed by atoms with van der Waals surface area (Å²) in [5.74, 6) is 1.45. The Bertz CT molecular complexity index is 1380. The second-order valence-corrected chi connectivity index (χ2v) is 7.10. The number of rotatable bonds is 3. The van der Waals surface area contributed by atoms with E-state index in [0.29, 0.717) is 50.3 Å². The minimum Gasteiger partial charge on any atom is -0.496 e. The van der Waals surface area contributed by atoms with E-state index in [4.69, 9.17) is 14.2 Å². The van der Waals surface area contributed by atoms with Crippen LogP contribution < -0.4 is 14.2 Å². The fourth-order valence-electron chi connectivity index (χ4n) is 4.36. The average Bonchev–Trinajstić information content (AvgIpc) is 2.79. The number of hydrogen-bond acceptors (Lipinski definition) is 5. The zero-order valence-electron chi connectivity index (χ0n) is 16.7. The average molecular weight is 398 g/mol. The van der Waals surface area contributed by atoms with Crippen molar-refractivity contribution in [2.75, 3.05) is 21.3 Å². The van der Waals surface area contributed by atoms with Gasteiger partial charge in [0.25, 0.3) is 0 Å². The van der Waals surface area contributed by atoms with Crippen LogP contribution in [-0.4, -0.2) is 32.9 Å². The van der Waals surface area contributed by atoms with Crippen molar-refractivity contribution in [1.29, 1.82) is 0 Å². The molecular formula is C25H18O5. The molecule has 5 nitrogen and oxygen atoms in total. The molecule has 30 heavy (non-hydrogen) atoms. The molecule has 5 rings (SSSR count). The molecule has 5 heteroatoms. The van der Waals surface area contributed by atoms with E-state index in [2.05, 4.69) is 0 Å². The van der Waals surface area contributed by atoms with Crippen molar-refractivity contribution in [3.05, 3.63) is 76.9 Å². The fourth-order valence-corrected chi connectivity index (χ4v) is 4.36. The van der Waals surface area contributed by atoms with Crippen LogP contribution in [-0.2, 0) is 0 Å². The number of carbonyl (C=O) groups is 2. The monoisotopic (exact) mass is 398 g/mol. The molecule has 148 valence electrons. The maximum atomic E-state index is 13.2. The van der Waals surface area contributed by atoms with Crippen molar-refractivity contribution in [3.63, 3.8) is 0 Å². The number of ether oxygens (including phenoxy) is 3. The highest BCUT2D eigenvalue weighted by atomic mass is 16.5. The van der Waals surface area contributed by atoms with Gasteiger partial charge in [0, 0.05) is 38.4 Å². The summed E-state index contributed by atoms with van der Waals surface area (Å²) in [5, 5.41) is 2.94. The minimum atomic E-state index is -0.178. The smallest absolute Gasteiger partial charge is 0.194 e. The van der Waals surface area contributed by atoms with E-state index >= 15 is 0 Å². The summed E-state index contributed by atoms with van der Waals surface area (Å²) in [5.41, 5.74) is 1.57. The van der Waals surface area contributed by atoms with Gasteiger partial charge in [-0.05, 0) is 18.2 Å². The van der Waals surface area contributed by atoms with Gasteiger partial charge in [-0.15, -0.1) is 0 Å². The summed E-state index contributed by atoms with van der Waals surface area (Å²) in [6.07, 6.45) is 0. The number of benzene rings is 4. The van der Waals surface area contributed by atoms with Gasteiger partial charge in [-0.2, -0.15) is 0 Å². The molecule has 0 aliphatic heterocycles. The first-order valence-electron chi connectivity index (χ1n) is 9.47. The quantitative estimate of drug-likeness (QED) is 0.409. The van der Waals surface area contributed by atoms with Gasteiger partial charge in [-0.3, -0.25) is 9.59 Å². The third-order valence-electron chi connectivity index (χ3n) is 5.68. The highest BCUT2D eigenvalue weighted by Gasteiger charge is 2.31. The molecule has 0 saturated carbocycles. The van der Waals surface area contributed by atoms with Gasteiger partial charge in [-0.25, -0.2) is 0 Å². The molecule has 4 aromatic carbocycles. The lowest BCUT2D eigenvalue weighted by molar-refractivity contribution is 0.0979. The summed E-state index contributed by atoms with van der Waals surface area (Å²) < 4.78 is 17.1. The number of hydrogen-bond donors (Lipinski definition) is 0. The van der Waals surface area contributed by atoms with Gasteiger partial charge in [0.05, 0.1) is 26.7 Å². The highest BCUT2D eigenvalue weighted by molar-refractivity contribution is 6.30. The van der Waals surface area contributed by atoms with Crippen LogP contribution in [0.1, 0.15) is 31.8 Å². The Morgan fingerprint density at radius 3 is 1.67 bits per heavy atom. The Morgan fingerprint density at radius 2 is 1.13 bits per heavy atom. The molecule has 0 unspecified atom stereocenters. The lowest BCUT2D eigenvalue weighted by Gasteiger charge is -2.21. The number of carbonyl (C=O) groups excluding carboxylic acids is 2. The molecule has 0 bridgehead atoms. The lowest BCUT2D eigenvalue weighted by atomic mass is 9.82. The summed E-state index contributed by atoms with van der Waals surface area (Å²) in [6, 6.07) is 16.0. The molecule has 0 spiro atoms. The van der Waals surface area contributed by atoms with Crippen molar-refractivity contribution in [3.8, 4) is 17.2 Å². The molecule has 0 N–H and O–H groups in total. The van der Waals surface area contributed by atoms with Crippen molar-refractivity contribution in [1.82, 2.24) is 0 Å². The van der Waals surface area contributed by atoms with Crippen molar-refractivity contribution >= 4 is 33.1 Å². The summed E-state index contributed by atoms with van der Waals surface area (Å²) in [6.45, 7) is 0. The molecule has 0 atom stereocenters. The summed E-state index contributed by atoms with van der Waals surface area (Å²) >= 11 is 0. The SMILES string of the molecule is COc1c2cc3c(cc2c(OC)c2c(OC)cccc12)C(=O)c1ccccc1C3=O.